The molecular formula is C7H15F2N. The number of nitrogens with one attached hydrogen (secondary N) is 1. The summed E-state index contributed by atoms with van der Waals surface area (Å²) in [5.41, 5.74) is 0. The van der Waals surface area contributed by atoms with E-state index in [2.05, 4.69) is 5.32 Å². The molecular weight excluding hydrogens is 136 g/mol. The fourth-order valence-corrected chi connectivity index (χ4v) is 0.661. The first kappa shape index (κ1) is 9.82. The van der Waals surface area contributed by atoms with Crippen molar-refractivity contribution in [2.45, 2.75) is 19.3 Å². The van der Waals surface area contributed by atoms with Crippen LogP contribution < -0.4 is 5.32 Å². The van der Waals surface area contributed by atoms with Crippen LogP contribution in [0.1, 0.15) is 19.3 Å². The second-order valence-corrected chi connectivity index (χ2v) is 2.19. The minimum absolute atomic E-state index is 0.245. The standard InChI is InChI=1S/C7H15F2N/c8-4-1-2-6-10-7-3-5-9/h10H,1-7H2. The number of alkyl halides is 2. The van der Waals surface area contributed by atoms with Gasteiger partial charge in [-0.25, -0.2) is 0 Å². The zero-order valence-electron chi connectivity index (χ0n) is 6.21. The predicted octanol–water partition coefficient (Wildman–Crippen LogP) is 1.69. The molecule has 0 aromatic rings. The Labute approximate surface area is 60.8 Å². The van der Waals surface area contributed by atoms with E-state index in [9.17, 15) is 8.78 Å². The van der Waals surface area contributed by atoms with Crippen molar-refractivity contribution in [1.29, 1.82) is 0 Å². The molecule has 1 nitrogen and oxygen atoms in total. The Bertz CT molecular complexity index is 51.6. The van der Waals surface area contributed by atoms with Crippen LogP contribution in [0.5, 0.6) is 0 Å². The van der Waals surface area contributed by atoms with Crippen molar-refractivity contribution in [2.24, 2.45) is 0 Å². The van der Waals surface area contributed by atoms with Crippen LogP contribution in [0.15, 0.2) is 0 Å². The summed E-state index contributed by atoms with van der Waals surface area (Å²) in [5.74, 6) is 0. The van der Waals surface area contributed by atoms with Gasteiger partial charge in [0.25, 0.3) is 0 Å². The number of hydrogen-bond donors (Lipinski definition) is 1. The van der Waals surface area contributed by atoms with E-state index in [1.54, 1.807) is 0 Å². The van der Waals surface area contributed by atoms with Crippen LogP contribution in [0.25, 0.3) is 0 Å². The van der Waals surface area contributed by atoms with E-state index >= 15 is 0 Å². The number of rotatable bonds is 7. The Morgan fingerprint density at radius 2 is 1.40 bits per heavy atom. The average molecular weight is 151 g/mol. The third kappa shape index (κ3) is 7.82. The average Bonchev–Trinajstić information content (AvgIpc) is 1.97. The minimum Gasteiger partial charge on any atom is -0.317 e. The van der Waals surface area contributed by atoms with Gasteiger partial charge in [0.1, 0.15) is 0 Å². The molecule has 0 unspecified atom stereocenters. The number of unbranched alkanes of at least 4 members (excludes halogenated alkanes) is 1. The molecule has 0 atom stereocenters. The van der Waals surface area contributed by atoms with Gasteiger partial charge in [-0.2, -0.15) is 0 Å². The van der Waals surface area contributed by atoms with E-state index in [-0.39, 0.29) is 13.3 Å². The summed E-state index contributed by atoms with van der Waals surface area (Å²) in [4.78, 5) is 0. The van der Waals surface area contributed by atoms with Crippen LogP contribution in [0.3, 0.4) is 0 Å². The summed E-state index contributed by atoms with van der Waals surface area (Å²) in [6, 6.07) is 0. The van der Waals surface area contributed by atoms with E-state index < -0.39 is 0 Å². The van der Waals surface area contributed by atoms with Crippen molar-refractivity contribution in [2.75, 3.05) is 26.4 Å². The predicted molar refractivity (Wildman–Crippen MR) is 38.7 cm³/mol. The monoisotopic (exact) mass is 151 g/mol. The van der Waals surface area contributed by atoms with Crippen molar-refractivity contribution in [3.05, 3.63) is 0 Å². The highest BCUT2D eigenvalue weighted by Gasteiger charge is 1.87. The maximum absolute atomic E-state index is 11.5. The van der Waals surface area contributed by atoms with E-state index in [4.69, 9.17) is 0 Å². The van der Waals surface area contributed by atoms with E-state index in [1.165, 1.54) is 0 Å². The smallest absolute Gasteiger partial charge is 0.0906 e. The summed E-state index contributed by atoms with van der Waals surface area (Å²) in [6.07, 6.45) is 2.03. The fraction of sp³-hybridized carbons (Fsp3) is 1.00. The Morgan fingerprint density at radius 3 is 2.00 bits per heavy atom. The van der Waals surface area contributed by atoms with Crippen LogP contribution >= 0.6 is 0 Å². The van der Waals surface area contributed by atoms with E-state index in [1.807, 2.05) is 0 Å². The lowest BCUT2D eigenvalue weighted by molar-refractivity contribution is 0.439. The highest BCUT2D eigenvalue weighted by molar-refractivity contribution is 4.47. The first-order valence-electron chi connectivity index (χ1n) is 3.74. The minimum atomic E-state index is -0.268. The molecule has 0 aromatic carbocycles. The summed E-state index contributed by atoms with van der Waals surface area (Å²) in [7, 11) is 0. The summed E-state index contributed by atoms with van der Waals surface area (Å²) >= 11 is 0. The lowest BCUT2D eigenvalue weighted by atomic mass is 10.3. The third-order valence-electron chi connectivity index (χ3n) is 1.22. The Balaban J connectivity index is 2.65. The molecule has 0 saturated heterocycles. The summed E-state index contributed by atoms with van der Waals surface area (Å²) < 4.78 is 22.9. The lowest BCUT2D eigenvalue weighted by Gasteiger charge is -1.99. The summed E-state index contributed by atoms with van der Waals surface area (Å²) in [6.45, 7) is 1.01. The van der Waals surface area contributed by atoms with Gasteiger partial charge in [-0.1, -0.05) is 0 Å². The Kier molecular flexibility index (Phi) is 8.66. The quantitative estimate of drug-likeness (QED) is 0.546. The van der Waals surface area contributed by atoms with Crippen molar-refractivity contribution >= 4 is 0 Å². The van der Waals surface area contributed by atoms with E-state index in [0.29, 0.717) is 19.4 Å². The Morgan fingerprint density at radius 1 is 0.800 bits per heavy atom. The van der Waals surface area contributed by atoms with Gasteiger partial charge in [-0.3, -0.25) is 8.78 Å². The molecule has 0 bridgehead atoms. The van der Waals surface area contributed by atoms with Gasteiger partial charge in [0.15, 0.2) is 0 Å². The molecule has 62 valence electrons. The van der Waals surface area contributed by atoms with Gasteiger partial charge in [-0.05, 0) is 32.4 Å². The first-order valence-corrected chi connectivity index (χ1v) is 3.74. The SMILES string of the molecule is FCCCCNCCCF. The molecule has 1 N–H and O–H groups in total. The molecule has 0 aliphatic carbocycles. The van der Waals surface area contributed by atoms with E-state index in [0.717, 1.165) is 13.0 Å². The van der Waals surface area contributed by atoms with Crippen LogP contribution in [0.4, 0.5) is 8.78 Å². The van der Waals surface area contributed by atoms with Crippen molar-refractivity contribution in [3.8, 4) is 0 Å². The highest BCUT2D eigenvalue weighted by Crippen LogP contribution is 1.86. The molecule has 0 rings (SSSR count). The van der Waals surface area contributed by atoms with Crippen molar-refractivity contribution < 1.29 is 8.78 Å². The second-order valence-electron chi connectivity index (χ2n) is 2.19. The fourth-order valence-electron chi connectivity index (χ4n) is 0.661. The molecule has 3 heteroatoms. The van der Waals surface area contributed by atoms with Gasteiger partial charge in [0.2, 0.25) is 0 Å². The topological polar surface area (TPSA) is 12.0 Å². The van der Waals surface area contributed by atoms with Crippen LogP contribution in [0.2, 0.25) is 0 Å². The molecule has 10 heavy (non-hydrogen) atoms. The maximum Gasteiger partial charge on any atom is 0.0906 e. The van der Waals surface area contributed by atoms with Crippen LogP contribution in [-0.2, 0) is 0 Å². The van der Waals surface area contributed by atoms with Gasteiger partial charge in [0.05, 0.1) is 13.3 Å². The second kappa shape index (κ2) is 8.82. The van der Waals surface area contributed by atoms with Gasteiger partial charge >= 0.3 is 0 Å². The largest absolute Gasteiger partial charge is 0.317 e. The molecule has 0 heterocycles. The normalized spacial score (nSPS) is 10.2. The molecule has 0 spiro atoms. The molecule has 0 amide bonds. The Hall–Kier alpha value is -0.180. The number of hydrogen-bond acceptors (Lipinski definition) is 1. The van der Waals surface area contributed by atoms with Crippen LogP contribution in [-0.4, -0.2) is 26.4 Å². The molecule has 0 aromatic heterocycles. The maximum atomic E-state index is 11.5. The summed E-state index contributed by atoms with van der Waals surface area (Å²) in [5, 5.41) is 3.01. The lowest BCUT2D eigenvalue weighted by Crippen LogP contribution is -2.17. The highest BCUT2D eigenvalue weighted by atomic mass is 19.1. The van der Waals surface area contributed by atoms with Gasteiger partial charge in [0, 0.05) is 0 Å². The van der Waals surface area contributed by atoms with Crippen molar-refractivity contribution in [3.63, 3.8) is 0 Å². The van der Waals surface area contributed by atoms with Crippen LogP contribution in [0, 0.1) is 0 Å². The molecule has 0 aliphatic heterocycles. The molecule has 0 radical (unpaired) electrons. The third-order valence-corrected chi connectivity index (χ3v) is 1.22. The first-order chi connectivity index (χ1) is 4.91. The van der Waals surface area contributed by atoms with Gasteiger partial charge < -0.3 is 5.32 Å². The molecule has 0 aliphatic rings. The zero-order chi connectivity index (χ0) is 7.66. The zero-order valence-corrected chi connectivity index (χ0v) is 6.21. The van der Waals surface area contributed by atoms with Crippen molar-refractivity contribution in [1.82, 2.24) is 5.32 Å². The van der Waals surface area contributed by atoms with Gasteiger partial charge in [-0.15, -0.1) is 0 Å². The molecule has 0 fully saturated rings. The molecule has 0 saturated carbocycles. The number of halogens is 2.